The third-order valence-electron chi connectivity index (χ3n) is 2.81. The summed E-state index contributed by atoms with van der Waals surface area (Å²) in [5, 5.41) is 0. The van der Waals surface area contributed by atoms with Crippen molar-refractivity contribution in [1.29, 1.82) is 0 Å². The Bertz CT molecular complexity index is 176. The van der Waals surface area contributed by atoms with Crippen molar-refractivity contribution in [2.75, 3.05) is 0 Å². The molecule has 0 saturated carbocycles. The Kier molecular flexibility index (Phi) is 3.47. The molecule has 0 unspecified atom stereocenters. The minimum Gasteiger partial charge on any atom is -0.196 e. The van der Waals surface area contributed by atoms with Crippen LogP contribution in [0.3, 0.4) is 0 Å². The van der Waals surface area contributed by atoms with Crippen LogP contribution in [-0.4, -0.2) is 0 Å². The van der Waals surface area contributed by atoms with Gasteiger partial charge < -0.3 is 0 Å². The van der Waals surface area contributed by atoms with E-state index in [0.717, 1.165) is 0 Å². The van der Waals surface area contributed by atoms with Crippen LogP contribution in [0.15, 0.2) is 0 Å². The zero-order valence-electron chi connectivity index (χ0n) is 7.80. The maximum absolute atomic E-state index is 2.20. The summed E-state index contributed by atoms with van der Waals surface area (Å²) in [5.74, 6) is 0. The van der Waals surface area contributed by atoms with Crippen LogP contribution in [0, 0.1) is 34.6 Å². The van der Waals surface area contributed by atoms with Gasteiger partial charge in [0.25, 0.3) is 0 Å². The Hall–Kier alpha value is -0.131. The zero-order valence-corrected chi connectivity index (χ0v) is 8.74. The second kappa shape index (κ2) is 3.51. The summed E-state index contributed by atoms with van der Waals surface area (Å²) in [4.78, 5) is 0. The van der Waals surface area contributed by atoms with Crippen molar-refractivity contribution < 1.29 is 17.1 Å². The van der Waals surface area contributed by atoms with Crippen LogP contribution >= 0.6 is 0 Å². The van der Waals surface area contributed by atoms with Crippen molar-refractivity contribution in [3.63, 3.8) is 0 Å². The smallest absolute Gasteiger partial charge is 0.196 e. The van der Waals surface area contributed by atoms with E-state index in [1.807, 2.05) is 0 Å². The number of hydrogen-bond acceptors (Lipinski definition) is 0. The fraction of sp³-hybridized carbons (Fsp3) is 0.500. The van der Waals surface area contributed by atoms with E-state index in [-0.39, 0.29) is 17.1 Å². The molecule has 0 fully saturated rings. The van der Waals surface area contributed by atoms with E-state index in [1.165, 1.54) is 27.8 Å². The Morgan fingerprint density at radius 3 is 1.18 bits per heavy atom. The SMILES string of the molecule is Cc1c(C)c(C)[c-](C)c1C.[Cu+]. The molecule has 0 aromatic heterocycles. The minimum atomic E-state index is 0. The molecule has 66 valence electrons. The van der Waals surface area contributed by atoms with Gasteiger partial charge in [-0.25, -0.2) is 0 Å². The van der Waals surface area contributed by atoms with Crippen LogP contribution in [0.25, 0.3) is 0 Å². The average Bonchev–Trinajstić information content (AvgIpc) is 2.07. The first-order valence-electron chi connectivity index (χ1n) is 3.75. The van der Waals surface area contributed by atoms with Crippen molar-refractivity contribution >= 4 is 0 Å². The second-order valence-electron chi connectivity index (χ2n) is 3.12. The first-order valence-corrected chi connectivity index (χ1v) is 3.75. The summed E-state index contributed by atoms with van der Waals surface area (Å²) >= 11 is 0. The molecule has 1 heteroatoms. The predicted octanol–water partition coefficient (Wildman–Crippen LogP) is 2.95. The van der Waals surface area contributed by atoms with Gasteiger partial charge in [-0.1, -0.05) is 34.6 Å². The van der Waals surface area contributed by atoms with Gasteiger partial charge >= 0.3 is 17.1 Å². The van der Waals surface area contributed by atoms with Crippen molar-refractivity contribution in [2.45, 2.75) is 34.6 Å². The van der Waals surface area contributed by atoms with Gasteiger partial charge in [-0.2, -0.15) is 27.8 Å². The normalized spacial score (nSPS) is 9.55. The number of rotatable bonds is 0. The van der Waals surface area contributed by atoms with E-state index in [9.17, 15) is 0 Å². The van der Waals surface area contributed by atoms with Crippen LogP contribution in [0.5, 0.6) is 0 Å². The monoisotopic (exact) mass is 198 g/mol. The van der Waals surface area contributed by atoms with E-state index in [2.05, 4.69) is 34.6 Å². The molecule has 0 aliphatic carbocycles. The van der Waals surface area contributed by atoms with E-state index in [1.54, 1.807) is 0 Å². The Labute approximate surface area is 79.8 Å². The summed E-state index contributed by atoms with van der Waals surface area (Å²) in [5.41, 5.74) is 7.34. The second-order valence-corrected chi connectivity index (χ2v) is 3.12. The molecule has 0 aliphatic heterocycles. The Balaban J connectivity index is 0.000001000. The largest absolute Gasteiger partial charge is 1.00 e. The maximum atomic E-state index is 2.20. The molecular weight excluding hydrogens is 184 g/mol. The quantitative estimate of drug-likeness (QED) is 0.444. The fourth-order valence-corrected chi connectivity index (χ4v) is 1.41. The molecule has 0 atom stereocenters. The van der Waals surface area contributed by atoms with Gasteiger partial charge in [0, 0.05) is 0 Å². The van der Waals surface area contributed by atoms with Crippen LogP contribution < -0.4 is 0 Å². The summed E-state index contributed by atoms with van der Waals surface area (Å²) in [7, 11) is 0. The molecule has 1 rings (SSSR count). The summed E-state index contributed by atoms with van der Waals surface area (Å²) < 4.78 is 0. The predicted molar refractivity (Wildman–Crippen MR) is 45.7 cm³/mol. The zero-order chi connectivity index (χ0) is 7.89. The first-order chi connectivity index (χ1) is 4.55. The third kappa shape index (κ3) is 1.55. The Morgan fingerprint density at radius 2 is 1.09 bits per heavy atom. The van der Waals surface area contributed by atoms with Crippen molar-refractivity contribution in [3.05, 3.63) is 27.8 Å². The third-order valence-corrected chi connectivity index (χ3v) is 2.81. The Morgan fingerprint density at radius 1 is 0.818 bits per heavy atom. The molecule has 1 aromatic carbocycles. The van der Waals surface area contributed by atoms with Crippen LogP contribution in [0.2, 0.25) is 0 Å². The van der Waals surface area contributed by atoms with Crippen molar-refractivity contribution in [1.82, 2.24) is 0 Å². The van der Waals surface area contributed by atoms with E-state index in [4.69, 9.17) is 0 Å². The molecule has 0 nitrogen and oxygen atoms in total. The molecule has 0 bridgehead atoms. The van der Waals surface area contributed by atoms with Gasteiger partial charge in [-0.05, 0) is 0 Å². The van der Waals surface area contributed by atoms with Gasteiger partial charge in [0.2, 0.25) is 0 Å². The molecule has 0 amide bonds. The molecule has 0 aliphatic rings. The van der Waals surface area contributed by atoms with Crippen LogP contribution in [0.4, 0.5) is 0 Å². The van der Waals surface area contributed by atoms with Crippen LogP contribution in [0.1, 0.15) is 27.8 Å². The summed E-state index contributed by atoms with van der Waals surface area (Å²) in [6.45, 7) is 11.0. The minimum absolute atomic E-state index is 0. The first kappa shape index (κ1) is 10.9. The summed E-state index contributed by atoms with van der Waals surface area (Å²) in [6, 6.07) is 0. The average molecular weight is 199 g/mol. The standard InChI is InChI=1S/C10H15.Cu/c1-6-7(2)9(4)10(5)8(6)3;/h1-5H3;/q-1;+1. The molecule has 0 spiro atoms. The molecule has 1 aromatic rings. The van der Waals surface area contributed by atoms with Gasteiger partial charge in [0.15, 0.2) is 0 Å². The molecule has 11 heavy (non-hydrogen) atoms. The van der Waals surface area contributed by atoms with Gasteiger partial charge in [-0.15, -0.1) is 0 Å². The molecule has 0 radical (unpaired) electrons. The van der Waals surface area contributed by atoms with E-state index in [0.29, 0.717) is 0 Å². The van der Waals surface area contributed by atoms with Gasteiger partial charge in [0.1, 0.15) is 0 Å². The van der Waals surface area contributed by atoms with Gasteiger partial charge in [-0.3, -0.25) is 0 Å². The molecule has 0 saturated heterocycles. The van der Waals surface area contributed by atoms with E-state index < -0.39 is 0 Å². The fourth-order valence-electron chi connectivity index (χ4n) is 1.41. The summed E-state index contributed by atoms with van der Waals surface area (Å²) in [6.07, 6.45) is 0. The molecule has 0 N–H and O–H groups in total. The van der Waals surface area contributed by atoms with Gasteiger partial charge in [0.05, 0.1) is 0 Å². The topological polar surface area (TPSA) is 0 Å². The number of hydrogen-bond donors (Lipinski definition) is 0. The molecule has 0 heterocycles. The van der Waals surface area contributed by atoms with E-state index >= 15 is 0 Å². The molecular formula is C10H15Cu. The van der Waals surface area contributed by atoms with Crippen molar-refractivity contribution in [3.8, 4) is 0 Å². The maximum Gasteiger partial charge on any atom is 1.00 e. The van der Waals surface area contributed by atoms with Crippen LogP contribution in [-0.2, 0) is 17.1 Å². The van der Waals surface area contributed by atoms with Crippen molar-refractivity contribution in [2.24, 2.45) is 0 Å².